The van der Waals surface area contributed by atoms with Crippen LogP contribution in [0, 0.1) is 5.92 Å². The van der Waals surface area contributed by atoms with Crippen molar-refractivity contribution in [1.29, 1.82) is 0 Å². The van der Waals surface area contributed by atoms with Gasteiger partial charge >= 0.3 is 5.97 Å². The second-order valence-electron chi connectivity index (χ2n) is 7.09. The number of carbonyl (C=O) groups is 3. The van der Waals surface area contributed by atoms with Gasteiger partial charge in [0.25, 0.3) is 5.91 Å². The van der Waals surface area contributed by atoms with Gasteiger partial charge in [-0.2, -0.15) is 0 Å². The van der Waals surface area contributed by atoms with Gasteiger partial charge in [-0.05, 0) is 37.0 Å². The molecule has 1 atom stereocenters. The minimum absolute atomic E-state index is 0.0271. The molecule has 1 aliphatic heterocycles. The molecule has 0 bridgehead atoms. The summed E-state index contributed by atoms with van der Waals surface area (Å²) in [4.78, 5) is 38.1. The lowest BCUT2D eigenvalue weighted by Crippen LogP contribution is -2.35. The molecule has 0 spiro atoms. The van der Waals surface area contributed by atoms with Crippen LogP contribution >= 0.6 is 0 Å². The molecule has 6 heteroatoms. The molecule has 140 valence electrons. The lowest BCUT2D eigenvalue weighted by Gasteiger charge is -2.23. The maximum absolute atomic E-state index is 12.2. The van der Waals surface area contributed by atoms with E-state index in [9.17, 15) is 14.4 Å². The van der Waals surface area contributed by atoms with Crippen LogP contribution in [0.3, 0.4) is 0 Å². The first-order valence-electron chi connectivity index (χ1n) is 9.41. The molecule has 0 aromatic heterocycles. The first-order chi connectivity index (χ1) is 12.6. The summed E-state index contributed by atoms with van der Waals surface area (Å²) in [5.74, 6) is -1.27. The molecule has 1 saturated heterocycles. The van der Waals surface area contributed by atoms with Gasteiger partial charge in [0.05, 0.1) is 5.92 Å². The van der Waals surface area contributed by atoms with Gasteiger partial charge in [0.1, 0.15) is 0 Å². The molecule has 2 fully saturated rings. The van der Waals surface area contributed by atoms with Crippen molar-refractivity contribution in [3.05, 3.63) is 29.8 Å². The van der Waals surface area contributed by atoms with Gasteiger partial charge in [0.15, 0.2) is 6.61 Å². The van der Waals surface area contributed by atoms with E-state index >= 15 is 0 Å². The van der Waals surface area contributed by atoms with E-state index in [4.69, 9.17) is 4.74 Å². The van der Waals surface area contributed by atoms with Gasteiger partial charge in [-0.25, -0.2) is 0 Å². The van der Waals surface area contributed by atoms with Crippen LogP contribution in [-0.2, 0) is 25.5 Å². The number of amides is 2. The van der Waals surface area contributed by atoms with Crippen molar-refractivity contribution < 1.29 is 19.1 Å². The Balaban J connectivity index is 1.44. The Labute approximate surface area is 153 Å². The normalized spacial score (nSPS) is 20.4. The molecular weight excluding hydrogens is 332 g/mol. The predicted molar refractivity (Wildman–Crippen MR) is 97.5 cm³/mol. The lowest BCUT2D eigenvalue weighted by molar-refractivity contribution is -0.151. The fourth-order valence-corrected chi connectivity index (χ4v) is 3.73. The number of hydrogen-bond donors (Lipinski definition) is 1. The number of anilines is 1. The van der Waals surface area contributed by atoms with Crippen molar-refractivity contribution in [3.63, 3.8) is 0 Å². The van der Waals surface area contributed by atoms with E-state index in [1.54, 1.807) is 0 Å². The van der Waals surface area contributed by atoms with E-state index in [-0.39, 0.29) is 30.9 Å². The molecule has 0 unspecified atom stereocenters. The molecule has 6 nitrogen and oxygen atoms in total. The fraction of sp³-hybridized carbons (Fsp3) is 0.550. The number of esters is 1. The van der Waals surface area contributed by atoms with Crippen molar-refractivity contribution in [3.8, 4) is 0 Å². The van der Waals surface area contributed by atoms with E-state index in [0.29, 0.717) is 12.2 Å². The highest BCUT2D eigenvalue weighted by Crippen LogP contribution is 2.29. The Kier molecular flexibility index (Phi) is 5.91. The average Bonchev–Trinajstić information content (AvgIpc) is 3.29. The summed E-state index contributed by atoms with van der Waals surface area (Å²) < 4.78 is 5.13. The molecular formula is C20H26N2O4. The summed E-state index contributed by atoms with van der Waals surface area (Å²) in [7, 11) is 0. The quantitative estimate of drug-likeness (QED) is 0.793. The second-order valence-corrected chi connectivity index (χ2v) is 7.09. The van der Waals surface area contributed by atoms with Crippen molar-refractivity contribution in [2.75, 3.05) is 18.5 Å². The number of likely N-dealkylation sites (tertiary alicyclic amines) is 1. The van der Waals surface area contributed by atoms with Crippen molar-refractivity contribution in [2.45, 2.75) is 51.5 Å². The topological polar surface area (TPSA) is 75.7 Å². The Hall–Kier alpha value is -2.37. The van der Waals surface area contributed by atoms with Gasteiger partial charge in [-0.1, -0.05) is 31.9 Å². The first kappa shape index (κ1) is 18.4. The van der Waals surface area contributed by atoms with Crippen LogP contribution in [0.15, 0.2) is 24.3 Å². The third-order valence-corrected chi connectivity index (χ3v) is 5.25. The molecule has 1 N–H and O–H groups in total. The number of aryl methyl sites for hydroxylation is 1. The Bertz CT molecular complexity index is 665. The summed E-state index contributed by atoms with van der Waals surface area (Å²) in [6, 6.07) is 7.82. The Morgan fingerprint density at radius 1 is 1.19 bits per heavy atom. The predicted octanol–water partition coefficient (Wildman–Crippen LogP) is 2.52. The number of ether oxygens (including phenoxy) is 1. The monoisotopic (exact) mass is 358 g/mol. The van der Waals surface area contributed by atoms with E-state index in [0.717, 1.165) is 32.1 Å². The first-order valence-corrected chi connectivity index (χ1v) is 9.41. The highest BCUT2D eigenvalue weighted by atomic mass is 16.5. The van der Waals surface area contributed by atoms with Crippen LogP contribution in [0.1, 0.15) is 44.6 Å². The van der Waals surface area contributed by atoms with Gasteiger partial charge in [-0.3, -0.25) is 14.4 Å². The summed E-state index contributed by atoms with van der Waals surface area (Å²) in [6.07, 6.45) is 5.45. The standard InChI is InChI=1S/C20H26N2O4/c1-2-14-7-9-16(10-8-14)21-18(23)13-26-20(25)15-11-19(24)22(12-15)17-5-3-4-6-17/h7-10,15,17H,2-6,11-13H2,1H3,(H,21,23)/t15-/m0/s1. The van der Waals surface area contributed by atoms with Crippen LogP contribution in [0.25, 0.3) is 0 Å². The molecule has 2 aliphatic rings. The molecule has 26 heavy (non-hydrogen) atoms. The highest BCUT2D eigenvalue weighted by Gasteiger charge is 2.39. The molecule has 1 aromatic carbocycles. The summed E-state index contributed by atoms with van der Waals surface area (Å²) >= 11 is 0. The number of carbonyl (C=O) groups excluding carboxylic acids is 3. The fourth-order valence-electron chi connectivity index (χ4n) is 3.73. The molecule has 3 rings (SSSR count). The van der Waals surface area contributed by atoms with Crippen molar-refractivity contribution in [1.82, 2.24) is 4.90 Å². The van der Waals surface area contributed by atoms with Crippen LogP contribution < -0.4 is 5.32 Å². The van der Waals surface area contributed by atoms with Gasteiger partial charge in [0, 0.05) is 24.7 Å². The van der Waals surface area contributed by atoms with Gasteiger partial charge in [-0.15, -0.1) is 0 Å². The van der Waals surface area contributed by atoms with E-state index in [1.165, 1.54) is 5.56 Å². The van der Waals surface area contributed by atoms with Gasteiger partial charge in [0.2, 0.25) is 5.91 Å². The van der Waals surface area contributed by atoms with E-state index < -0.39 is 11.9 Å². The summed E-state index contributed by atoms with van der Waals surface area (Å²) in [5, 5.41) is 2.71. The summed E-state index contributed by atoms with van der Waals surface area (Å²) in [6.45, 7) is 2.15. The zero-order valence-corrected chi connectivity index (χ0v) is 15.2. The number of rotatable bonds is 6. The molecule has 1 saturated carbocycles. The van der Waals surface area contributed by atoms with Crippen LogP contribution in [0.2, 0.25) is 0 Å². The maximum Gasteiger partial charge on any atom is 0.311 e. The Morgan fingerprint density at radius 3 is 2.54 bits per heavy atom. The Morgan fingerprint density at radius 2 is 1.88 bits per heavy atom. The number of nitrogens with zero attached hydrogens (tertiary/aromatic N) is 1. The van der Waals surface area contributed by atoms with E-state index in [1.807, 2.05) is 29.2 Å². The van der Waals surface area contributed by atoms with Gasteiger partial charge < -0.3 is 15.0 Å². The lowest BCUT2D eigenvalue weighted by atomic mass is 10.1. The zero-order valence-electron chi connectivity index (χ0n) is 15.2. The molecule has 1 heterocycles. The SMILES string of the molecule is CCc1ccc(NC(=O)COC(=O)[C@H]2CC(=O)N(C3CCCC3)C2)cc1. The smallest absolute Gasteiger partial charge is 0.311 e. The van der Waals surface area contributed by atoms with E-state index in [2.05, 4.69) is 12.2 Å². The van der Waals surface area contributed by atoms with Crippen LogP contribution in [0.5, 0.6) is 0 Å². The number of hydrogen-bond acceptors (Lipinski definition) is 4. The van der Waals surface area contributed by atoms with Crippen LogP contribution in [-0.4, -0.2) is 41.9 Å². The summed E-state index contributed by atoms with van der Waals surface area (Å²) in [5.41, 5.74) is 1.86. The second kappa shape index (κ2) is 8.34. The minimum Gasteiger partial charge on any atom is -0.455 e. The molecule has 2 amide bonds. The number of benzene rings is 1. The zero-order chi connectivity index (χ0) is 18.5. The molecule has 0 radical (unpaired) electrons. The molecule has 1 aromatic rings. The third kappa shape index (κ3) is 4.42. The molecule has 1 aliphatic carbocycles. The van der Waals surface area contributed by atoms with Crippen molar-refractivity contribution in [2.24, 2.45) is 5.92 Å². The minimum atomic E-state index is -0.463. The largest absolute Gasteiger partial charge is 0.455 e. The third-order valence-electron chi connectivity index (χ3n) is 5.25. The number of nitrogens with one attached hydrogen (secondary N) is 1. The van der Waals surface area contributed by atoms with Crippen molar-refractivity contribution >= 4 is 23.5 Å². The maximum atomic E-state index is 12.2. The average molecular weight is 358 g/mol. The highest BCUT2D eigenvalue weighted by molar-refractivity contribution is 5.93. The van der Waals surface area contributed by atoms with Crippen LogP contribution in [0.4, 0.5) is 5.69 Å².